The SMILES string of the molecule is O[C@H]1CCCc2ccc(OCCc3ccsc3)cc21. The van der Waals surface area contributed by atoms with Gasteiger partial charge >= 0.3 is 0 Å². The summed E-state index contributed by atoms with van der Waals surface area (Å²) in [6.45, 7) is 0.686. The summed E-state index contributed by atoms with van der Waals surface area (Å²) in [6, 6.07) is 8.25. The van der Waals surface area contributed by atoms with Crippen LogP contribution in [0.4, 0.5) is 0 Å². The lowest BCUT2D eigenvalue weighted by Gasteiger charge is -2.22. The highest BCUT2D eigenvalue weighted by atomic mass is 32.1. The molecule has 1 atom stereocenters. The van der Waals surface area contributed by atoms with E-state index < -0.39 is 0 Å². The summed E-state index contributed by atoms with van der Waals surface area (Å²) in [7, 11) is 0. The molecule has 1 aromatic heterocycles. The lowest BCUT2D eigenvalue weighted by Crippen LogP contribution is -2.09. The maximum atomic E-state index is 10.0. The van der Waals surface area contributed by atoms with E-state index >= 15 is 0 Å². The van der Waals surface area contributed by atoms with Crippen LogP contribution in [0.2, 0.25) is 0 Å². The van der Waals surface area contributed by atoms with Crippen LogP contribution in [0.15, 0.2) is 35.0 Å². The van der Waals surface area contributed by atoms with Gasteiger partial charge in [0.2, 0.25) is 0 Å². The highest BCUT2D eigenvalue weighted by molar-refractivity contribution is 7.07. The summed E-state index contributed by atoms with van der Waals surface area (Å²) in [5, 5.41) is 14.2. The Hall–Kier alpha value is -1.32. The molecule has 0 spiro atoms. The number of ether oxygens (including phenoxy) is 1. The van der Waals surface area contributed by atoms with Crippen LogP contribution in [0.1, 0.15) is 35.6 Å². The first kappa shape index (κ1) is 12.7. The van der Waals surface area contributed by atoms with Gasteiger partial charge in [-0.1, -0.05) is 6.07 Å². The lowest BCUT2D eigenvalue weighted by atomic mass is 9.89. The van der Waals surface area contributed by atoms with Gasteiger partial charge in [-0.3, -0.25) is 0 Å². The Morgan fingerprint density at radius 2 is 2.26 bits per heavy atom. The van der Waals surface area contributed by atoms with Gasteiger partial charge in [0, 0.05) is 6.42 Å². The normalized spacial score (nSPS) is 18.1. The van der Waals surface area contributed by atoms with E-state index in [0.717, 1.165) is 37.0 Å². The first-order valence-electron chi connectivity index (χ1n) is 6.78. The first-order chi connectivity index (χ1) is 9.33. The Balaban J connectivity index is 1.63. The number of aliphatic hydroxyl groups is 1. The second-order valence-corrected chi connectivity index (χ2v) is 5.78. The molecule has 0 aliphatic heterocycles. The molecule has 2 nitrogen and oxygen atoms in total. The number of hydrogen-bond donors (Lipinski definition) is 1. The summed E-state index contributed by atoms with van der Waals surface area (Å²) >= 11 is 1.72. The van der Waals surface area contributed by atoms with Crippen molar-refractivity contribution < 1.29 is 9.84 Å². The molecule has 1 aliphatic rings. The number of benzene rings is 1. The van der Waals surface area contributed by atoms with Crippen molar-refractivity contribution in [1.82, 2.24) is 0 Å². The smallest absolute Gasteiger partial charge is 0.119 e. The van der Waals surface area contributed by atoms with Gasteiger partial charge in [0.25, 0.3) is 0 Å². The highest BCUT2D eigenvalue weighted by Gasteiger charge is 2.18. The number of aryl methyl sites for hydroxylation is 1. The number of fused-ring (bicyclic) bond motifs is 1. The molecule has 0 saturated carbocycles. The molecule has 0 bridgehead atoms. The van der Waals surface area contributed by atoms with Gasteiger partial charge in [0.15, 0.2) is 0 Å². The molecule has 0 saturated heterocycles. The van der Waals surface area contributed by atoms with Crippen LogP contribution >= 0.6 is 11.3 Å². The predicted molar refractivity (Wildman–Crippen MR) is 77.9 cm³/mol. The maximum Gasteiger partial charge on any atom is 0.119 e. The van der Waals surface area contributed by atoms with Crippen molar-refractivity contribution in [2.24, 2.45) is 0 Å². The van der Waals surface area contributed by atoms with Crippen molar-refractivity contribution in [3.63, 3.8) is 0 Å². The molecular formula is C16H18O2S. The Labute approximate surface area is 117 Å². The summed E-state index contributed by atoms with van der Waals surface area (Å²) in [5.74, 6) is 0.870. The number of rotatable bonds is 4. The molecule has 3 heteroatoms. The van der Waals surface area contributed by atoms with E-state index in [1.54, 1.807) is 11.3 Å². The summed E-state index contributed by atoms with van der Waals surface area (Å²) in [5.41, 5.74) is 3.64. The van der Waals surface area contributed by atoms with E-state index in [-0.39, 0.29) is 6.10 Å². The first-order valence-corrected chi connectivity index (χ1v) is 7.72. The third-order valence-corrected chi connectivity index (χ3v) is 4.37. The fraction of sp³-hybridized carbons (Fsp3) is 0.375. The van der Waals surface area contributed by atoms with Gasteiger partial charge < -0.3 is 9.84 Å². The molecule has 100 valence electrons. The van der Waals surface area contributed by atoms with Gasteiger partial charge in [0.1, 0.15) is 5.75 Å². The van der Waals surface area contributed by atoms with E-state index in [9.17, 15) is 5.11 Å². The molecule has 2 aromatic rings. The zero-order chi connectivity index (χ0) is 13.1. The fourth-order valence-corrected chi connectivity index (χ4v) is 3.27. The zero-order valence-electron chi connectivity index (χ0n) is 10.8. The van der Waals surface area contributed by atoms with Crippen molar-refractivity contribution in [3.05, 3.63) is 51.7 Å². The highest BCUT2D eigenvalue weighted by Crippen LogP contribution is 2.32. The van der Waals surface area contributed by atoms with E-state index in [1.807, 2.05) is 12.1 Å². The van der Waals surface area contributed by atoms with Gasteiger partial charge in [-0.05, 0) is 64.9 Å². The van der Waals surface area contributed by atoms with Crippen LogP contribution in [-0.4, -0.2) is 11.7 Å². The van der Waals surface area contributed by atoms with Crippen molar-refractivity contribution in [1.29, 1.82) is 0 Å². The Morgan fingerprint density at radius 1 is 1.32 bits per heavy atom. The average molecular weight is 274 g/mol. The molecule has 0 fully saturated rings. The Bertz CT molecular complexity index is 534. The second-order valence-electron chi connectivity index (χ2n) is 5.00. The molecule has 0 amide bonds. The minimum Gasteiger partial charge on any atom is -0.493 e. The predicted octanol–water partition coefficient (Wildman–Crippen LogP) is 3.74. The third kappa shape index (κ3) is 2.99. The monoisotopic (exact) mass is 274 g/mol. The van der Waals surface area contributed by atoms with Crippen molar-refractivity contribution in [3.8, 4) is 5.75 Å². The number of thiophene rings is 1. The number of hydrogen-bond acceptors (Lipinski definition) is 3. The molecule has 1 aromatic carbocycles. The molecule has 1 N–H and O–H groups in total. The summed E-state index contributed by atoms with van der Waals surface area (Å²) < 4.78 is 5.79. The third-order valence-electron chi connectivity index (χ3n) is 3.64. The summed E-state index contributed by atoms with van der Waals surface area (Å²) in [6.07, 6.45) is 3.63. The molecule has 0 radical (unpaired) electrons. The van der Waals surface area contributed by atoms with Gasteiger partial charge in [-0.25, -0.2) is 0 Å². The van der Waals surface area contributed by atoms with Crippen LogP contribution in [0.3, 0.4) is 0 Å². The van der Waals surface area contributed by atoms with Gasteiger partial charge in [-0.2, -0.15) is 11.3 Å². The molecular weight excluding hydrogens is 256 g/mol. The van der Waals surface area contributed by atoms with Crippen LogP contribution in [0.25, 0.3) is 0 Å². The van der Waals surface area contributed by atoms with Gasteiger partial charge in [0.05, 0.1) is 12.7 Å². The minimum absolute atomic E-state index is 0.316. The van der Waals surface area contributed by atoms with Crippen molar-refractivity contribution in [2.45, 2.75) is 31.8 Å². The number of aliphatic hydroxyl groups excluding tert-OH is 1. The van der Waals surface area contributed by atoms with E-state index in [1.165, 1.54) is 11.1 Å². The maximum absolute atomic E-state index is 10.0. The topological polar surface area (TPSA) is 29.5 Å². The minimum atomic E-state index is -0.316. The standard InChI is InChI=1S/C16H18O2S/c17-16-3-1-2-13-4-5-14(10-15(13)16)18-8-6-12-7-9-19-11-12/h4-5,7,9-11,16-17H,1-3,6,8H2/t16-/m0/s1. The molecule has 0 unspecified atom stereocenters. The Morgan fingerprint density at radius 3 is 3.11 bits per heavy atom. The molecule has 19 heavy (non-hydrogen) atoms. The van der Waals surface area contributed by atoms with E-state index in [0.29, 0.717) is 6.61 Å². The zero-order valence-corrected chi connectivity index (χ0v) is 11.7. The average Bonchev–Trinajstić information content (AvgIpc) is 2.93. The fourth-order valence-electron chi connectivity index (χ4n) is 2.56. The Kier molecular flexibility index (Phi) is 3.85. The van der Waals surface area contributed by atoms with Crippen LogP contribution in [0, 0.1) is 0 Å². The van der Waals surface area contributed by atoms with Crippen LogP contribution < -0.4 is 4.74 Å². The van der Waals surface area contributed by atoms with E-state index in [2.05, 4.69) is 22.9 Å². The second kappa shape index (κ2) is 5.76. The lowest BCUT2D eigenvalue weighted by molar-refractivity contribution is 0.156. The largest absolute Gasteiger partial charge is 0.493 e. The van der Waals surface area contributed by atoms with E-state index in [4.69, 9.17) is 4.74 Å². The van der Waals surface area contributed by atoms with Crippen LogP contribution in [-0.2, 0) is 12.8 Å². The molecule has 3 rings (SSSR count). The van der Waals surface area contributed by atoms with Gasteiger partial charge in [-0.15, -0.1) is 0 Å². The van der Waals surface area contributed by atoms with Crippen molar-refractivity contribution >= 4 is 11.3 Å². The quantitative estimate of drug-likeness (QED) is 0.920. The molecule has 1 heterocycles. The molecule has 1 aliphatic carbocycles. The van der Waals surface area contributed by atoms with Crippen LogP contribution in [0.5, 0.6) is 5.75 Å². The van der Waals surface area contributed by atoms with Crippen molar-refractivity contribution in [2.75, 3.05) is 6.61 Å². The summed E-state index contributed by atoms with van der Waals surface area (Å²) in [4.78, 5) is 0.